The van der Waals surface area contributed by atoms with E-state index in [-0.39, 0.29) is 30.9 Å². The molecule has 2 heterocycles. The predicted molar refractivity (Wildman–Crippen MR) is 119 cm³/mol. The van der Waals surface area contributed by atoms with Crippen molar-refractivity contribution >= 4 is 23.9 Å². The monoisotopic (exact) mass is 443 g/mol. The Bertz CT molecular complexity index is 849. The van der Waals surface area contributed by atoms with Crippen LogP contribution in [0.3, 0.4) is 0 Å². The van der Waals surface area contributed by atoms with Gasteiger partial charge in [0.05, 0.1) is 38.8 Å². The molecule has 1 aromatic rings. The minimum absolute atomic E-state index is 0.00712. The molecule has 0 spiro atoms. The molecule has 1 fully saturated rings. The fraction of sp³-hybridized carbons (Fsp3) is 0.560. The van der Waals surface area contributed by atoms with Crippen LogP contribution in [0.2, 0.25) is 0 Å². The summed E-state index contributed by atoms with van der Waals surface area (Å²) in [6.07, 6.45) is 5.68. The molecule has 3 atom stereocenters. The Morgan fingerprint density at radius 2 is 2.06 bits per heavy atom. The summed E-state index contributed by atoms with van der Waals surface area (Å²) in [4.78, 5) is 39.8. The third kappa shape index (κ3) is 6.19. The van der Waals surface area contributed by atoms with E-state index in [1.807, 2.05) is 38.1 Å². The van der Waals surface area contributed by atoms with Crippen LogP contribution < -0.4 is 0 Å². The zero-order valence-electron chi connectivity index (χ0n) is 19.1. The molecule has 174 valence electrons. The standard InChI is InChI=1S/C25H33NO6/c1-17(2)21-14-23(27)31-11-6-4-5-8-18-9-7-10-19(12-18)16-32-20-13-22(25(29)30-3)26(15-20)24(21)28/h5,7-10,12,17,20-22H,4,6,11,13-16H2,1-3H3/b8-5+/t20-,21+,22+/m1/s1. The summed E-state index contributed by atoms with van der Waals surface area (Å²) in [7, 11) is 1.32. The van der Waals surface area contributed by atoms with Gasteiger partial charge in [0.1, 0.15) is 6.04 Å². The normalized spacial score (nSPS) is 26.2. The highest BCUT2D eigenvalue weighted by Gasteiger charge is 2.43. The van der Waals surface area contributed by atoms with Crippen molar-refractivity contribution in [3.05, 3.63) is 41.5 Å². The van der Waals surface area contributed by atoms with E-state index in [1.165, 1.54) is 12.0 Å². The third-order valence-electron chi connectivity index (χ3n) is 6.05. The molecule has 1 saturated heterocycles. The summed E-state index contributed by atoms with van der Waals surface area (Å²) in [5.74, 6) is -1.73. The van der Waals surface area contributed by atoms with Crippen LogP contribution in [0.15, 0.2) is 30.3 Å². The highest BCUT2D eigenvalue weighted by atomic mass is 16.5. The number of esters is 2. The summed E-state index contributed by atoms with van der Waals surface area (Å²) in [6, 6.07) is 7.34. The van der Waals surface area contributed by atoms with Gasteiger partial charge >= 0.3 is 11.9 Å². The molecule has 0 aromatic heterocycles. The molecule has 0 N–H and O–H groups in total. The van der Waals surface area contributed by atoms with Gasteiger partial charge in [0.2, 0.25) is 5.91 Å². The van der Waals surface area contributed by atoms with Crippen LogP contribution in [-0.4, -0.2) is 55.2 Å². The van der Waals surface area contributed by atoms with Crippen LogP contribution in [0.1, 0.15) is 50.7 Å². The van der Waals surface area contributed by atoms with E-state index in [0.717, 1.165) is 17.5 Å². The topological polar surface area (TPSA) is 82.1 Å². The predicted octanol–water partition coefficient (Wildman–Crippen LogP) is 3.36. The van der Waals surface area contributed by atoms with Crippen LogP contribution >= 0.6 is 0 Å². The number of hydrogen-bond acceptors (Lipinski definition) is 6. The van der Waals surface area contributed by atoms with Crippen LogP contribution in [0.25, 0.3) is 6.08 Å². The molecule has 7 heteroatoms. The number of rotatable bonds is 2. The number of ether oxygens (including phenoxy) is 3. The maximum Gasteiger partial charge on any atom is 0.328 e. The van der Waals surface area contributed by atoms with Gasteiger partial charge in [-0.1, -0.05) is 44.2 Å². The smallest absolute Gasteiger partial charge is 0.328 e. The number of methoxy groups -OCH3 is 1. The van der Waals surface area contributed by atoms with Gasteiger partial charge in [0.15, 0.2) is 0 Å². The lowest BCUT2D eigenvalue weighted by Crippen LogP contribution is -2.46. The van der Waals surface area contributed by atoms with Crippen LogP contribution in [0.4, 0.5) is 0 Å². The van der Waals surface area contributed by atoms with Crippen molar-refractivity contribution in [1.29, 1.82) is 0 Å². The molecular weight excluding hydrogens is 410 g/mol. The molecule has 32 heavy (non-hydrogen) atoms. The summed E-state index contributed by atoms with van der Waals surface area (Å²) < 4.78 is 16.4. The summed E-state index contributed by atoms with van der Waals surface area (Å²) in [6.45, 7) is 4.79. The lowest BCUT2D eigenvalue weighted by molar-refractivity contribution is -0.155. The van der Waals surface area contributed by atoms with Gasteiger partial charge in [-0.3, -0.25) is 9.59 Å². The zero-order valence-corrected chi connectivity index (χ0v) is 19.1. The number of hydrogen-bond donors (Lipinski definition) is 0. The zero-order chi connectivity index (χ0) is 23.1. The fourth-order valence-corrected chi connectivity index (χ4v) is 4.19. The Morgan fingerprint density at radius 3 is 2.81 bits per heavy atom. The van der Waals surface area contributed by atoms with Crippen molar-refractivity contribution in [2.45, 2.75) is 58.3 Å². The molecule has 1 aromatic carbocycles. The highest BCUT2D eigenvalue weighted by Crippen LogP contribution is 2.28. The molecule has 2 aliphatic heterocycles. The molecule has 0 saturated carbocycles. The maximum absolute atomic E-state index is 13.4. The Kier molecular flexibility index (Phi) is 8.45. The van der Waals surface area contributed by atoms with Crippen molar-refractivity contribution in [2.75, 3.05) is 20.3 Å². The number of benzene rings is 1. The van der Waals surface area contributed by atoms with E-state index in [2.05, 4.69) is 12.1 Å². The van der Waals surface area contributed by atoms with Gasteiger partial charge in [-0.25, -0.2) is 4.79 Å². The Balaban J connectivity index is 1.85. The molecule has 0 aliphatic carbocycles. The maximum atomic E-state index is 13.4. The van der Waals surface area contributed by atoms with Crippen molar-refractivity contribution < 1.29 is 28.6 Å². The van der Waals surface area contributed by atoms with Gasteiger partial charge in [-0.15, -0.1) is 0 Å². The molecule has 4 bridgehead atoms. The quantitative estimate of drug-likeness (QED) is 0.652. The van der Waals surface area contributed by atoms with Crippen LogP contribution in [0.5, 0.6) is 0 Å². The van der Waals surface area contributed by atoms with E-state index in [9.17, 15) is 14.4 Å². The molecule has 3 rings (SSSR count). The number of carbonyl (C=O) groups excluding carboxylic acids is 3. The number of fused-ring (bicyclic) bond motifs is 4. The average Bonchev–Trinajstić information content (AvgIpc) is 3.21. The van der Waals surface area contributed by atoms with Gasteiger partial charge in [-0.05, 0) is 36.0 Å². The summed E-state index contributed by atoms with van der Waals surface area (Å²) in [5, 5.41) is 0. The number of amides is 1. The number of carbonyl (C=O) groups is 3. The van der Waals surface area contributed by atoms with E-state index in [0.29, 0.717) is 26.1 Å². The number of nitrogens with zero attached hydrogens (tertiary/aromatic N) is 1. The van der Waals surface area contributed by atoms with Crippen molar-refractivity contribution in [2.24, 2.45) is 11.8 Å². The Morgan fingerprint density at radius 1 is 1.25 bits per heavy atom. The second kappa shape index (κ2) is 11.3. The van der Waals surface area contributed by atoms with E-state index >= 15 is 0 Å². The third-order valence-corrected chi connectivity index (χ3v) is 6.05. The Hall–Kier alpha value is -2.67. The van der Waals surface area contributed by atoms with E-state index < -0.39 is 23.9 Å². The SMILES string of the molecule is COC(=O)[C@@H]1C[C@@H]2CN1C(=O)[C@H](C(C)C)CC(=O)OCCC/C=C/c1cccc(c1)CO2. The minimum Gasteiger partial charge on any atom is -0.467 e. The van der Waals surface area contributed by atoms with Gasteiger partial charge in [0, 0.05) is 13.0 Å². The van der Waals surface area contributed by atoms with Crippen LogP contribution in [0, 0.1) is 11.8 Å². The average molecular weight is 444 g/mol. The van der Waals surface area contributed by atoms with E-state index in [4.69, 9.17) is 14.2 Å². The Labute approximate surface area is 189 Å². The molecule has 0 radical (unpaired) electrons. The van der Waals surface area contributed by atoms with Gasteiger partial charge in [-0.2, -0.15) is 0 Å². The second-order valence-electron chi connectivity index (χ2n) is 8.76. The van der Waals surface area contributed by atoms with Gasteiger partial charge in [0.25, 0.3) is 0 Å². The first-order valence-corrected chi connectivity index (χ1v) is 11.3. The van der Waals surface area contributed by atoms with Crippen LogP contribution in [-0.2, 0) is 35.2 Å². The van der Waals surface area contributed by atoms with Crippen molar-refractivity contribution in [3.8, 4) is 0 Å². The first-order chi connectivity index (χ1) is 15.4. The van der Waals surface area contributed by atoms with Gasteiger partial charge < -0.3 is 19.1 Å². The highest BCUT2D eigenvalue weighted by molar-refractivity contribution is 5.89. The second-order valence-corrected chi connectivity index (χ2v) is 8.76. The first kappa shape index (κ1) is 24.0. The summed E-state index contributed by atoms with van der Waals surface area (Å²) in [5.41, 5.74) is 2.10. The lowest BCUT2D eigenvalue weighted by Gasteiger charge is -2.28. The fourth-order valence-electron chi connectivity index (χ4n) is 4.19. The molecule has 7 nitrogen and oxygen atoms in total. The van der Waals surface area contributed by atoms with Crippen molar-refractivity contribution in [3.63, 3.8) is 0 Å². The first-order valence-electron chi connectivity index (χ1n) is 11.3. The molecule has 0 unspecified atom stereocenters. The summed E-state index contributed by atoms with van der Waals surface area (Å²) >= 11 is 0. The molecule has 1 amide bonds. The number of allylic oxidation sites excluding steroid dienone is 1. The minimum atomic E-state index is -0.717. The number of cyclic esters (lactones) is 1. The largest absolute Gasteiger partial charge is 0.467 e. The molecule has 2 aliphatic rings. The molecular formula is C25H33NO6. The van der Waals surface area contributed by atoms with E-state index in [1.54, 1.807) is 0 Å². The lowest BCUT2D eigenvalue weighted by atomic mass is 9.91. The van der Waals surface area contributed by atoms with Crippen molar-refractivity contribution in [1.82, 2.24) is 4.90 Å².